The molecule has 0 radical (unpaired) electrons. The van der Waals surface area contributed by atoms with Crippen molar-refractivity contribution in [3.63, 3.8) is 0 Å². The molecular weight excluding hydrogens is 405 g/mol. The number of halogens is 1. The van der Waals surface area contributed by atoms with Gasteiger partial charge in [-0.15, -0.1) is 0 Å². The lowest BCUT2D eigenvalue weighted by Crippen LogP contribution is -2.43. The fourth-order valence-corrected chi connectivity index (χ4v) is 3.77. The monoisotopic (exact) mass is 423 g/mol. The summed E-state index contributed by atoms with van der Waals surface area (Å²) in [6.45, 7) is 0.139. The number of hydrogen-bond acceptors (Lipinski definition) is 5. The smallest absolute Gasteiger partial charge is 0.357 e. The second-order valence-electron chi connectivity index (χ2n) is 7.26. The molecule has 1 atom stereocenters. The first-order valence-corrected chi connectivity index (χ1v) is 9.74. The Morgan fingerprint density at radius 3 is 2.35 bits per heavy atom. The normalized spacial score (nSPS) is 16.9. The molecule has 1 saturated heterocycles. The average Bonchev–Trinajstić information content (AvgIpc) is 2.95. The van der Waals surface area contributed by atoms with E-state index in [1.807, 2.05) is 0 Å². The van der Waals surface area contributed by atoms with E-state index in [2.05, 4.69) is 5.10 Å². The molecule has 1 unspecified atom stereocenters. The first-order chi connectivity index (χ1) is 14.9. The predicted molar refractivity (Wildman–Crippen MR) is 108 cm³/mol. The van der Waals surface area contributed by atoms with Crippen molar-refractivity contribution >= 4 is 28.6 Å². The lowest BCUT2D eigenvalue weighted by atomic mass is 10.1. The van der Waals surface area contributed by atoms with Gasteiger partial charge in [0.2, 0.25) is 0 Å². The number of carbonyl (C=O) groups excluding carboxylic acids is 2. The van der Waals surface area contributed by atoms with Gasteiger partial charge in [0, 0.05) is 17.5 Å². The third-order valence-corrected chi connectivity index (χ3v) is 5.32. The Labute approximate surface area is 175 Å². The molecule has 1 fully saturated rings. The average molecular weight is 423 g/mol. The van der Waals surface area contributed by atoms with Crippen molar-refractivity contribution in [2.24, 2.45) is 0 Å². The van der Waals surface area contributed by atoms with E-state index in [4.69, 9.17) is 0 Å². The van der Waals surface area contributed by atoms with Crippen LogP contribution in [0.15, 0.2) is 53.3 Å². The number of fused-ring (bicyclic) bond motifs is 1. The van der Waals surface area contributed by atoms with Gasteiger partial charge in [0.15, 0.2) is 5.69 Å². The SMILES string of the molecule is O=C(O)c1nn(C2CCCCN(C(=O)c3ccc(F)cc3)C2=O)c(=O)c2ccccc12. The summed E-state index contributed by atoms with van der Waals surface area (Å²) in [5.41, 5.74) is -0.806. The highest BCUT2D eigenvalue weighted by molar-refractivity contribution is 6.06. The number of nitrogens with zero attached hydrogens (tertiary/aromatic N) is 3. The molecule has 158 valence electrons. The van der Waals surface area contributed by atoms with Crippen molar-refractivity contribution in [3.05, 3.63) is 76.0 Å². The summed E-state index contributed by atoms with van der Waals surface area (Å²) in [5, 5.41) is 13.9. The highest BCUT2D eigenvalue weighted by Gasteiger charge is 2.34. The summed E-state index contributed by atoms with van der Waals surface area (Å²) in [6.07, 6.45) is 1.28. The summed E-state index contributed by atoms with van der Waals surface area (Å²) in [4.78, 5) is 52.0. The van der Waals surface area contributed by atoms with Crippen LogP contribution in [0.3, 0.4) is 0 Å². The molecule has 8 nitrogen and oxygen atoms in total. The fraction of sp³-hybridized carbons (Fsp3) is 0.227. The zero-order valence-electron chi connectivity index (χ0n) is 16.3. The quantitative estimate of drug-likeness (QED) is 0.649. The topological polar surface area (TPSA) is 110 Å². The van der Waals surface area contributed by atoms with E-state index in [-0.39, 0.29) is 35.0 Å². The van der Waals surface area contributed by atoms with Crippen molar-refractivity contribution in [2.45, 2.75) is 25.3 Å². The Bertz CT molecular complexity index is 1250. The number of likely N-dealkylation sites (tertiary alicyclic amines) is 1. The molecule has 4 rings (SSSR count). The van der Waals surface area contributed by atoms with E-state index >= 15 is 0 Å². The van der Waals surface area contributed by atoms with E-state index < -0.39 is 35.2 Å². The number of aromatic nitrogens is 2. The number of carboxylic acids is 1. The predicted octanol–water partition coefficient (Wildman–Crippen LogP) is 2.63. The fourth-order valence-electron chi connectivity index (χ4n) is 3.77. The molecular formula is C22H18FN3O5. The van der Waals surface area contributed by atoms with Crippen LogP contribution in [0.25, 0.3) is 10.8 Å². The maximum absolute atomic E-state index is 13.3. The summed E-state index contributed by atoms with van der Waals surface area (Å²) in [7, 11) is 0. The van der Waals surface area contributed by atoms with Gasteiger partial charge < -0.3 is 5.11 Å². The third kappa shape index (κ3) is 3.70. The minimum Gasteiger partial charge on any atom is -0.476 e. The van der Waals surface area contributed by atoms with Crippen molar-refractivity contribution in [2.75, 3.05) is 6.54 Å². The number of imide groups is 1. The van der Waals surface area contributed by atoms with Crippen molar-refractivity contribution in [1.29, 1.82) is 0 Å². The zero-order chi connectivity index (χ0) is 22.1. The second-order valence-corrected chi connectivity index (χ2v) is 7.26. The lowest BCUT2D eigenvalue weighted by Gasteiger charge is -2.23. The molecule has 2 heterocycles. The summed E-state index contributed by atoms with van der Waals surface area (Å²) in [6, 6.07) is 9.85. The van der Waals surface area contributed by atoms with Crippen LogP contribution in [0, 0.1) is 5.82 Å². The van der Waals surface area contributed by atoms with Gasteiger partial charge >= 0.3 is 5.97 Å². The Kier molecular flexibility index (Phi) is 5.33. The van der Waals surface area contributed by atoms with E-state index in [1.165, 1.54) is 24.3 Å². The molecule has 1 aliphatic rings. The molecule has 0 aliphatic carbocycles. The Morgan fingerprint density at radius 1 is 1.00 bits per heavy atom. The number of carbonyl (C=O) groups is 3. The zero-order valence-corrected chi connectivity index (χ0v) is 16.3. The van der Waals surface area contributed by atoms with Gasteiger partial charge in [-0.2, -0.15) is 5.10 Å². The van der Waals surface area contributed by atoms with E-state index in [0.29, 0.717) is 12.8 Å². The molecule has 0 spiro atoms. The van der Waals surface area contributed by atoms with Gasteiger partial charge in [0.25, 0.3) is 17.4 Å². The molecule has 31 heavy (non-hydrogen) atoms. The molecule has 0 bridgehead atoms. The summed E-state index contributed by atoms with van der Waals surface area (Å²) < 4.78 is 14.1. The Hall–Kier alpha value is -3.88. The van der Waals surface area contributed by atoms with Crippen molar-refractivity contribution in [3.8, 4) is 0 Å². The highest BCUT2D eigenvalue weighted by atomic mass is 19.1. The van der Waals surface area contributed by atoms with E-state index in [9.17, 15) is 28.7 Å². The van der Waals surface area contributed by atoms with Gasteiger partial charge in [-0.05, 0) is 49.6 Å². The maximum atomic E-state index is 13.3. The number of hydrogen-bond donors (Lipinski definition) is 1. The number of benzene rings is 2. The summed E-state index contributed by atoms with van der Waals surface area (Å²) >= 11 is 0. The molecule has 2 amide bonds. The van der Waals surface area contributed by atoms with E-state index in [1.54, 1.807) is 12.1 Å². The van der Waals surface area contributed by atoms with Crippen LogP contribution < -0.4 is 5.56 Å². The van der Waals surface area contributed by atoms with Crippen LogP contribution in [-0.2, 0) is 4.79 Å². The molecule has 3 aromatic rings. The number of rotatable bonds is 3. The molecule has 1 aliphatic heterocycles. The van der Waals surface area contributed by atoms with Crippen LogP contribution in [0.4, 0.5) is 4.39 Å². The first-order valence-electron chi connectivity index (χ1n) is 9.74. The third-order valence-electron chi connectivity index (χ3n) is 5.32. The Morgan fingerprint density at radius 2 is 1.68 bits per heavy atom. The molecule has 1 N–H and O–H groups in total. The minimum atomic E-state index is -1.33. The lowest BCUT2D eigenvalue weighted by molar-refractivity contribution is -0.132. The number of aromatic carboxylic acids is 1. The van der Waals surface area contributed by atoms with Gasteiger partial charge in [-0.25, -0.2) is 13.9 Å². The molecule has 2 aromatic carbocycles. The standard InChI is InChI=1S/C22H18FN3O5/c23-14-10-8-13(9-11-14)19(27)25-12-4-3-7-17(21(25)29)26-20(28)16-6-2-1-5-15(16)18(24-26)22(30)31/h1-2,5-6,8-11,17H,3-4,7,12H2,(H,30,31). The highest BCUT2D eigenvalue weighted by Crippen LogP contribution is 2.24. The van der Waals surface area contributed by atoms with Gasteiger partial charge in [-0.3, -0.25) is 19.3 Å². The van der Waals surface area contributed by atoms with Gasteiger partial charge in [0.1, 0.15) is 11.9 Å². The largest absolute Gasteiger partial charge is 0.476 e. The van der Waals surface area contributed by atoms with Crippen LogP contribution in [-0.4, -0.2) is 44.1 Å². The first kappa shape index (κ1) is 20.4. The number of amides is 2. The van der Waals surface area contributed by atoms with Crippen LogP contribution in [0.2, 0.25) is 0 Å². The van der Waals surface area contributed by atoms with Crippen molar-refractivity contribution < 1.29 is 23.9 Å². The minimum absolute atomic E-state index is 0.128. The van der Waals surface area contributed by atoms with Crippen molar-refractivity contribution in [1.82, 2.24) is 14.7 Å². The summed E-state index contributed by atoms with van der Waals surface area (Å²) in [5.74, 6) is -3.09. The van der Waals surface area contributed by atoms with E-state index in [0.717, 1.165) is 21.7 Å². The van der Waals surface area contributed by atoms with Gasteiger partial charge in [-0.1, -0.05) is 18.2 Å². The Balaban J connectivity index is 1.79. The molecule has 1 aromatic heterocycles. The van der Waals surface area contributed by atoms with Gasteiger partial charge in [0.05, 0.1) is 5.39 Å². The number of carboxylic acid groups (broad SMARTS) is 1. The second kappa shape index (κ2) is 8.10. The molecule has 9 heteroatoms. The maximum Gasteiger partial charge on any atom is 0.357 e. The van der Waals surface area contributed by atoms with Crippen LogP contribution >= 0.6 is 0 Å². The van der Waals surface area contributed by atoms with Crippen LogP contribution in [0.5, 0.6) is 0 Å². The molecule has 0 saturated carbocycles. The van der Waals surface area contributed by atoms with Crippen LogP contribution in [0.1, 0.15) is 46.2 Å².